The van der Waals surface area contributed by atoms with Crippen LogP contribution in [0.1, 0.15) is 6.92 Å². The predicted molar refractivity (Wildman–Crippen MR) is 69.2 cm³/mol. The maximum absolute atomic E-state index is 8.95. The fourth-order valence-corrected chi connectivity index (χ4v) is 3.69. The summed E-state index contributed by atoms with van der Waals surface area (Å²) in [7, 11) is -1.35. The molecular weight excluding hydrogens is 200 g/mol. The molecule has 2 heteroatoms. The standard InChI is InChI=1S/C13H20OSi/c1-12(11-14)9-10-15(2,3)13-7-5-4-6-8-13/h4-9,14H,10-11H2,1-3H3/b12-9+. The smallest absolute Gasteiger partial charge is 0.0843 e. The van der Waals surface area contributed by atoms with Gasteiger partial charge in [0.2, 0.25) is 0 Å². The van der Waals surface area contributed by atoms with E-state index >= 15 is 0 Å². The quantitative estimate of drug-likeness (QED) is 0.611. The molecule has 0 spiro atoms. The van der Waals surface area contributed by atoms with E-state index in [1.807, 2.05) is 6.92 Å². The van der Waals surface area contributed by atoms with Crippen LogP contribution in [0.4, 0.5) is 0 Å². The van der Waals surface area contributed by atoms with E-state index in [1.165, 1.54) is 5.19 Å². The Morgan fingerprint density at radius 2 is 1.87 bits per heavy atom. The van der Waals surface area contributed by atoms with Gasteiger partial charge >= 0.3 is 0 Å². The molecule has 1 aromatic rings. The van der Waals surface area contributed by atoms with Crippen LogP contribution in [0.5, 0.6) is 0 Å². The van der Waals surface area contributed by atoms with Crippen LogP contribution in [0, 0.1) is 0 Å². The molecule has 0 atom stereocenters. The first-order valence-electron chi connectivity index (χ1n) is 5.38. The summed E-state index contributed by atoms with van der Waals surface area (Å²) in [5.41, 5.74) is 1.08. The Bertz CT molecular complexity index is 328. The van der Waals surface area contributed by atoms with Crippen LogP contribution in [-0.4, -0.2) is 19.8 Å². The van der Waals surface area contributed by atoms with Gasteiger partial charge in [-0.25, -0.2) is 0 Å². The van der Waals surface area contributed by atoms with E-state index in [-0.39, 0.29) is 6.61 Å². The summed E-state index contributed by atoms with van der Waals surface area (Å²) >= 11 is 0. The van der Waals surface area contributed by atoms with E-state index in [1.54, 1.807) is 0 Å². The van der Waals surface area contributed by atoms with Crippen molar-refractivity contribution in [1.29, 1.82) is 0 Å². The van der Waals surface area contributed by atoms with E-state index < -0.39 is 8.07 Å². The largest absolute Gasteiger partial charge is 0.392 e. The minimum atomic E-state index is -1.35. The van der Waals surface area contributed by atoms with Crippen molar-refractivity contribution < 1.29 is 5.11 Å². The number of allylic oxidation sites excluding steroid dienone is 1. The zero-order chi connectivity index (χ0) is 11.3. The molecule has 0 amide bonds. The molecule has 82 valence electrons. The molecule has 15 heavy (non-hydrogen) atoms. The molecule has 1 N–H and O–H groups in total. The molecule has 0 heterocycles. The van der Waals surface area contributed by atoms with E-state index in [2.05, 4.69) is 49.5 Å². The maximum Gasteiger partial charge on any atom is 0.0843 e. The van der Waals surface area contributed by atoms with Crippen LogP contribution < -0.4 is 5.19 Å². The topological polar surface area (TPSA) is 20.2 Å². The van der Waals surface area contributed by atoms with Gasteiger partial charge in [-0.3, -0.25) is 0 Å². The molecule has 1 nitrogen and oxygen atoms in total. The van der Waals surface area contributed by atoms with Crippen molar-refractivity contribution in [2.75, 3.05) is 6.61 Å². The molecule has 0 radical (unpaired) electrons. The van der Waals surface area contributed by atoms with E-state index in [0.29, 0.717) is 0 Å². The molecule has 0 unspecified atom stereocenters. The molecule has 0 saturated heterocycles. The molecule has 0 fully saturated rings. The SMILES string of the molecule is C/C(=C\C[Si](C)(C)c1ccccc1)CO. The lowest BCUT2D eigenvalue weighted by Crippen LogP contribution is -2.40. The molecule has 0 bridgehead atoms. The number of aliphatic hydroxyl groups is 1. The minimum absolute atomic E-state index is 0.180. The zero-order valence-electron chi connectivity index (χ0n) is 9.83. The third kappa shape index (κ3) is 3.65. The highest BCUT2D eigenvalue weighted by atomic mass is 28.3. The monoisotopic (exact) mass is 220 g/mol. The van der Waals surface area contributed by atoms with Crippen LogP contribution in [-0.2, 0) is 0 Å². The van der Waals surface area contributed by atoms with Gasteiger partial charge in [0, 0.05) is 0 Å². The average Bonchev–Trinajstić information content (AvgIpc) is 2.27. The van der Waals surface area contributed by atoms with Crippen LogP contribution in [0.2, 0.25) is 19.1 Å². The average molecular weight is 220 g/mol. The van der Waals surface area contributed by atoms with Crippen LogP contribution >= 0.6 is 0 Å². The van der Waals surface area contributed by atoms with Gasteiger partial charge in [-0.2, -0.15) is 0 Å². The number of aliphatic hydroxyl groups excluding tert-OH is 1. The number of rotatable bonds is 4. The van der Waals surface area contributed by atoms with Crippen molar-refractivity contribution in [1.82, 2.24) is 0 Å². The van der Waals surface area contributed by atoms with Gasteiger partial charge in [0.1, 0.15) is 0 Å². The highest BCUT2D eigenvalue weighted by molar-refractivity contribution is 6.90. The van der Waals surface area contributed by atoms with Crippen molar-refractivity contribution in [2.45, 2.75) is 26.1 Å². The van der Waals surface area contributed by atoms with Crippen molar-refractivity contribution in [2.24, 2.45) is 0 Å². The van der Waals surface area contributed by atoms with Gasteiger partial charge in [-0.15, -0.1) is 0 Å². The van der Waals surface area contributed by atoms with Crippen LogP contribution in [0.3, 0.4) is 0 Å². The van der Waals surface area contributed by atoms with Crippen LogP contribution in [0.15, 0.2) is 42.0 Å². The highest BCUT2D eigenvalue weighted by Gasteiger charge is 2.21. The Kier molecular flexibility index (Phi) is 4.30. The van der Waals surface area contributed by atoms with Crippen molar-refractivity contribution in [3.05, 3.63) is 42.0 Å². The normalized spacial score (nSPS) is 12.9. The first kappa shape index (κ1) is 12.2. The predicted octanol–water partition coefficient (Wildman–Crippen LogP) is 2.54. The molecule has 0 saturated carbocycles. The lowest BCUT2D eigenvalue weighted by Gasteiger charge is -2.21. The third-order valence-corrected chi connectivity index (χ3v) is 5.89. The second-order valence-electron chi connectivity index (χ2n) is 4.66. The number of benzene rings is 1. The number of hydrogen-bond donors (Lipinski definition) is 1. The molecule has 1 rings (SSSR count). The van der Waals surface area contributed by atoms with E-state index in [0.717, 1.165) is 11.6 Å². The Labute approximate surface area is 93.5 Å². The second kappa shape index (κ2) is 5.28. The van der Waals surface area contributed by atoms with Gasteiger partial charge in [-0.1, -0.05) is 60.3 Å². The van der Waals surface area contributed by atoms with Gasteiger partial charge in [0.15, 0.2) is 0 Å². The summed E-state index contributed by atoms with van der Waals surface area (Å²) in [5, 5.41) is 10.4. The molecule has 0 aliphatic heterocycles. The molecule has 0 aliphatic rings. The fraction of sp³-hybridized carbons (Fsp3) is 0.385. The second-order valence-corrected chi connectivity index (χ2v) is 9.42. The summed E-state index contributed by atoms with van der Waals surface area (Å²) in [6, 6.07) is 11.8. The molecule has 0 aromatic heterocycles. The van der Waals surface area contributed by atoms with Crippen molar-refractivity contribution >= 4 is 13.3 Å². The Hall–Kier alpha value is -0.863. The van der Waals surface area contributed by atoms with E-state index in [9.17, 15) is 0 Å². The summed E-state index contributed by atoms with van der Waals surface area (Å²) in [4.78, 5) is 0. The number of hydrogen-bond acceptors (Lipinski definition) is 1. The van der Waals surface area contributed by atoms with Gasteiger partial charge in [0.05, 0.1) is 14.7 Å². The Morgan fingerprint density at radius 1 is 1.27 bits per heavy atom. The summed E-state index contributed by atoms with van der Waals surface area (Å²) in [6.45, 7) is 6.89. The van der Waals surface area contributed by atoms with Crippen LogP contribution in [0.25, 0.3) is 0 Å². The van der Waals surface area contributed by atoms with E-state index in [4.69, 9.17) is 5.11 Å². The lowest BCUT2D eigenvalue weighted by atomic mass is 10.3. The molecule has 1 aromatic carbocycles. The molecular formula is C13H20OSi. The van der Waals surface area contributed by atoms with Gasteiger partial charge < -0.3 is 5.11 Å². The first-order chi connectivity index (χ1) is 7.06. The van der Waals surface area contributed by atoms with Gasteiger partial charge in [0.25, 0.3) is 0 Å². The summed E-state index contributed by atoms with van der Waals surface area (Å²) < 4.78 is 0. The lowest BCUT2D eigenvalue weighted by molar-refractivity contribution is 0.331. The Balaban J connectivity index is 2.76. The highest BCUT2D eigenvalue weighted by Crippen LogP contribution is 2.12. The van der Waals surface area contributed by atoms with Gasteiger partial charge in [-0.05, 0) is 13.0 Å². The van der Waals surface area contributed by atoms with Crippen molar-refractivity contribution in [3.63, 3.8) is 0 Å². The van der Waals surface area contributed by atoms with Crippen molar-refractivity contribution in [3.8, 4) is 0 Å². The molecule has 0 aliphatic carbocycles. The Morgan fingerprint density at radius 3 is 2.40 bits per heavy atom. The first-order valence-corrected chi connectivity index (χ1v) is 8.59. The third-order valence-electron chi connectivity index (χ3n) is 2.77. The zero-order valence-corrected chi connectivity index (χ0v) is 10.8. The summed E-state index contributed by atoms with van der Waals surface area (Å²) in [6.07, 6.45) is 2.18. The summed E-state index contributed by atoms with van der Waals surface area (Å²) in [5.74, 6) is 0. The minimum Gasteiger partial charge on any atom is -0.392 e. The maximum atomic E-state index is 8.95. The fourth-order valence-electron chi connectivity index (χ4n) is 1.50.